The number of rotatable bonds is 5. The summed E-state index contributed by atoms with van der Waals surface area (Å²) in [5, 5.41) is 11.4. The van der Waals surface area contributed by atoms with Crippen LogP contribution < -0.4 is 5.32 Å². The number of carbonyl (C=O) groups is 2. The van der Waals surface area contributed by atoms with E-state index in [4.69, 9.17) is 5.11 Å². The second-order valence-corrected chi connectivity index (χ2v) is 5.42. The molecule has 0 bridgehead atoms. The molecular formula is C14H18FNO3. The Hall–Kier alpha value is -1.91. The summed E-state index contributed by atoms with van der Waals surface area (Å²) in [6.45, 7) is 5.05. The van der Waals surface area contributed by atoms with Crippen molar-refractivity contribution in [3.05, 3.63) is 29.6 Å². The molecule has 0 unspecified atom stereocenters. The molecule has 0 saturated heterocycles. The molecule has 0 radical (unpaired) electrons. The van der Waals surface area contributed by atoms with E-state index in [0.29, 0.717) is 11.3 Å². The van der Waals surface area contributed by atoms with E-state index in [9.17, 15) is 14.0 Å². The van der Waals surface area contributed by atoms with Crippen LogP contribution in [0, 0.1) is 18.2 Å². The lowest BCUT2D eigenvalue weighted by Gasteiger charge is -2.21. The fraction of sp³-hybridized carbons (Fsp3) is 0.429. The summed E-state index contributed by atoms with van der Waals surface area (Å²) in [4.78, 5) is 22.5. The number of nitrogens with one attached hydrogen (secondary N) is 1. The summed E-state index contributed by atoms with van der Waals surface area (Å²) >= 11 is 0. The Morgan fingerprint density at radius 2 is 1.95 bits per heavy atom. The zero-order valence-electron chi connectivity index (χ0n) is 11.3. The molecule has 1 amide bonds. The summed E-state index contributed by atoms with van der Waals surface area (Å²) in [5.74, 6) is -1.54. The molecule has 5 heteroatoms. The molecule has 1 aromatic carbocycles. The lowest BCUT2D eigenvalue weighted by Crippen LogP contribution is -2.24. The Labute approximate surface area is 111 Å². The van der Waals surface area contributed by atoms with E-state index in [1.54, 1.807) is 20.8 Å². The van der Waals surface area contributed by atoms with Crippen LogP contribution in [0.5, 0.6) is 0 Å². The Morgan fingerprint density at radius 1 is 1.32 bits per heavy atom. The van der Waals surface area contributed by atoms with E-state index in [1.807, 2.05) is 0 Å². The number of carboxylic acids is 1. The van der Waals surface area contributed by atoms with Gasteiger partial charge in [0.25, 0.3) is 0 Å². The van der Waals surface area contributed by atoms with Gasteiger partial charge in [-0.2, -0.15) is 0 Å². The van der Waals surface area contributed by atoms with Gasteiger partial charge in [0, 0.05) is 12.1 Å². The molecule has 0 aliphatic rings. The molecule has 1 rings (SSSR count). The van der Waals surface area contributed by atoms with Gasteiger partial charge in [-0.1, -0.05) is 13.8 Å². The minimum atomic E-state index is -0.935. The topological polar surface area (TPSA) is 66.4 Å². The molecule has 0 atom stereocenters. The second-order valence-electron chi connectivity index (χ2n) is 5.42. The SMILES string of the molecule is Cc1cc(NC(=O)CC(C)(C)CC(=O)O)ccc1F. The summed E-state index contributed by atoms with van der Waals surface area (Å²) in [6, 6.07) is 4.30. The van der Waals surface area contributed by atoms with Crippen LogP contribution in [0.3, 0.4) is 0 Å². The van der Waals surface area contributed by atoms with Crippen LogP contribution in [0.25, 0.3) is 0 Å². The summed E-state index contributed by atoms with van der Waals surface area (Å²) < 4.78 is 13.1. The standard InChI is InChI=1S/C14H18FNO3/c1-9-6-10(4-5-11(9)15)16-12(17)7-14(2,3)8-13(18)19/h4-6H,7-8H2,1-3H3,(H,16,17)(H,18,19). The van der Waals surface area contributed by atoms with E-state index in [2.05, 4.69) is 5.32 Å². The third kappa shape index (κ3) is 5.07. The molecule has 0 spiro atoms. The maximum atomic E-state index is 13.1. The molecular weight excluding hydrogens is 249 g/mol. The van der Waals surface area contributed by atoms with Gasteiger partial charge >= 0.3 is 5.97 Å². The fourth-order valence-corrected chi connectivity index (χ4v) is 1.83. The van der Waals surface area contributed by atoms with Crippen molar-refractivity contribution in [1.82, 2.24) is 0 Å². The maximum Gasteiger partial charge on any atom is 0.303 e. The van der Waals surface area contributed by atoms with Crippen molar-refractivity contribution in [3.8, 4) is 0 Å². The van der Waals surface area contributed by atoms with Gasteiger partial charge in [0.05, 0.1) is 6.42 Å². The minimum Gasteiger partial charge on any atom is -0.481 e. The van der Waals surface area contributed by atoms with Crippen LogP contribution in [0.1, 0.15) is 32.3 Å². The molecule has 1 aromatic rings. The highest BCUT2D eigenvalue weighted by Gasteiger charge is 2.25. The van der Waals surface area contributed by atoms with Crippen LogP contribution in [-0.4, -0.2) is 17.0 Å². The summed E-state index contributed by atoms with van der Waals surface area (Å²) in [5.41, 5.74) is 0.336. The fourth-order valence-electron chi connectivity index (χ4n) is 1.83. The first kappa shape index (κ1) is 15.1. The number of halogens is 1. The smallest absolute Gasteiger partial charge is 0.303 e. The number of anilines is 1. The van der Waals surface area contributed by atoms with Crippen molar-refractivity contribution in [2.75, 3.05) is 5.32 Å². The molecule has 104 valence electrons. The van der Waals surface area contributed by atoms with Gasteiger partial charge in [-0.3, -0.25) is 9.59 Å². The summed E-state index contributed by atoms with van der Waals surface area (Å²) in [7, 11) is 0. The predicted octanol–water partition coefficient (Wildman–Crippen LogP) is 2.96. The van der Waals surface area contributed by atoms with Crippen molar-refractivity contribution >= 4 is 17.6 Å². The molecule has 0 aliphatic heterocycles. The normalized spacial score (nSPS) is 11.2. The highest BCUT2D eigenvalue weighted by Crippen LogP contribution is 2.25. The van der Waals surface area contributed by atoms with Gasteiger partial charge in [0.15, 0.2) is 0 Å². The van der Waals surface area contributed by atoms with E-state index < -0.39 is 11.4 Å². The van der Waals surface area contributed by atoms with Crippen molar-refractivity contribution < 1.29 is 19.1 Å². The van der Waals surface area contributed by atoms with E-state index in [0.717, 1.165) is 0 Å². The van der Waals surface area contributed by atoms with E-state index in [1.165, 1.54) is 18.2 Å². The quantitative estimate of drug-likeness (QED) is 0.862. The molecule has 2 N–H and O–H groups in total. The van der Waals surface area contributed by atoms with Crippen LogP contribution >= 0.6 is 0 Å². The lowest BCUT2D eigenvalue weighted by atomic mass is 9.85. The number of benzene rings is 1. The highest BCUT2D eigenvalue weighted by atomic mass is 19.1. The van der Waals surface area contributed by atoms with Gasteiger partial charge in [-0.15, -0.1) is 0 Å². The third-order valence-corrected chi connectivity index (χ3v) is 2.71. The average molecular weight is 267 g/mol. The van der Waals surface area contributed by atoms with Gasteiger partial charge in [-0.05, 0) is 36.1 Å². The van der Waals surface area contributed by atoms with E-state index in [-0.39, 0.29) is 24.6 Å². The van der Waals surface area contributed by atoms with Crippen LogP contribution in [-0.2, 0) is 9.59 Å². The first-order valence-electron chi connectivity index (χ1n) is 5.97. The maximum absolute atomic E-state index is 13.1. The Bertz CT molecular complexity index is 497. The number of carboxylic acid groups (broad SMARTS) is 1. The molecule has 0 fully saturated rings. The van der Waals surface area contributed by atoms with Crippen LogP contribution in [0.2, 0.25) is 0 Å². The number of carbonyl (C=O) groups excluding carboxylic acids is 1. The predicted molar refractivity (Wildman–Crippen MR) is 70.4 cm³/mol. The zero-order valence-corrected chi connectivity index (χ0v) is 11.3. The van der Waals surface area contributed by atoms with Crippen LogP contribution in [0.4, 0.5) is 10.1 Å². The van der Waals surface area contributed by atoms with Crippen LogP contribution in [0.15, 0.2) is 18.2 Å². The van der Waals surface area contributed by atoms with Gasteiger partial charge in [0.1, 0.15) is 5.82 Å². The van der Waals surface area contributed by atoms with E-state index >= 15 is 0 Å². The average Bonchev–Trinajstić information content (AvgIpc) is 2.20. The van der Waals surface area contributed by atoms with Gasteiger partial charge < -0.3 is 10.4 Å². The monoisotopic (exact) mass is 267 g/mol. The number of amides is 1. The molecule has 0 aromatic heterocycles. The first-order valence-corrected chi connectivity index (χ1v) is 5.97. The number of aryl methyl sites for hydroxylation is 1. The molecule has 0 aliphatic carbocycles. The lowest BCUT2D eigenvalue weighted by molar-refractivity contribution is -0.139. The van der Waals surface area contributed by atoms with Crippen molar-refractivity contribution in [1.29, 1.82) is 0 Å². The zero-order chi connectivity index (χ0) is 14.6. The first-order chi connectivity index (χ1) is 8.69. The molecule has 0 heterocycles. The number of aliphatic carboxylic acids is 1. The largest absolute Gasteiger partial charge is 0.481 e. The minimum absolute atomic E-state index is 0.0805. The van der Waals surface area contributed by atoms with Gasteiger partial charge in [-0.25, -0.2) is 4.39 Å². The number of hydrogen-bond donors (Lipinski definition) is 2. The van der Waals surface area contributed by atoms with Gasteiger partial charge in [0.2, 0.25) is 5.91 Å². The molecule has 4 nitrogen and oxygen atoms in total. The molecule has 0 saturated carbocycles. The van der Waals surface area contributed by atoms with Crippen molar-refractivity contribution in [3.63, 3.8) is 0 Å². The second kappa shape index (κ2) is 5.82. The Kier molecular flexibility index (Phi) is 4.64. The Morgan fingerprint density at radius 3 is 2.47 bits per heavy atom. The highest BCUT2D eigenvalue weighted by molar-refractivity contribution is 5.91. The molecule has 19 heavy (non-hydrogen) atoms. The summed E-state index contributed by atoms with van der Waals surface area (Å²) in [6.07, 6.45) is 0.0125. The third-order valence-electron chi connectivity index (χ3n) is 2.71. The number of hydrogen-bond acceptors (Lipinski definition) is 2. The Balaban J connectivity index is 2.64. The van der Waals surface area contributed by atoms with Crippen molar-refractivity contribution in [2.45, 2.75) is 33.6 Å². The van der Waals surface area contributed by atoms with Crippen molar-refractivity contribution in [2.24, 2.45) is 5.41 Å².